The maximum atomic E-state index is 14.5. The van der Waals surface area contributed by atoms with Crippen LogP contribution in [-0.2, 0) is 6.54 Å². The van der Waals surface area contributed by atoms with E-state index in [1.165, 1.54) is 19.5 Å². The summed E-state index contributed by atoms with van der Waals surface area (Å²) >= 11 is 0. The summed E-state index contributed by atoms with van der Waals surface area (Å²) in [7, 11) is 1.44. The number of hydrogen-bond acceptors (Lipinski definition) is 5. The highest BCUT2D eigenvalue weighted by Crippen LogP contribution is 2.30. The van der Waals surface area contributed by atoms with Gasteiger partial charge in [0.25, 0.3) is 0 Å². The van der Waals surface area contributed by atoms with Gasteiger partial charge < -0.3 is 19.7 Å². The largest absolute Gasteiger partial charge is 0.496 e. The first-order chi connectivity index (χ1) is 15.8. The first kappa shape index (κ1) is 22.3. The zero-order chi connectivity index (χ0) is 23.7. The number of carbonyl (C=O) groups is 1. The molecule has 170 valence electrons. The molecule has 0 aliphatic rings. The third kappa shape index (κ3) is 4.24. The van der Waals surface area contributed by atoms with Crippen molar-refractivity contribution in [3.05, 3.63) is 70.9 Å². The minimum Gasteiger partial charge on any atom is -0.496 e. The van der Waals surface area contributed by atoms with Crippen molar-refractivity contribution in [1.82, 2.24) is 14.5 Å². The van der Waals surface area contributed by atoms with Crippen molar-refractivity contribution in [2.24, 2.45) is 0 Å². The Balaban J connectivity index is 1.55. The Hall–Kier alpha value is -3.94. The Morgan fingerprint density at radius 2 is 1.91 bits per heavy atom. The number of aromatic nitrogens is 3. The van der Waals surface area contributed by atoms with Crippen LogP contribution in [0.1, 0.15) is 27.2 Å². The number of anilines is 1. The predicted molar refractivity (Wildman–Crippen MR) is 126 cm³/mol. The summed E-state index contributed by atoms with van der Waals surface area (Å²) in [6.45, 7) is 6.77. The standard InChI is InChI=1S/C25H25FN4O3/c1-14-5-6-19(26)24-18(14)10-16(3)30(24)8-7-27-22-12-20(28-13-29-22)17-9-15(2)23(25(31)32)21(11-17)33-4/h5-6,9-13H,7-8H2,1-4H3,(H,31,32)(H,27,28,29). The van der Waals surface area contributed by atoms with E-state index in [9.17, 15) is 14.3 Å². The highest BCUT2D eigenvalue weighted by molar-refractivity contribution is 5.93. The smallest absolute Gasteiger partial charge is 0.339 e. The van der Waals surface area contributed by atoms with Crippen molar-refractivity contribution in [2.45, 2.75) is 27.3 Å². The quantitative estimate of drug-likeness (QED) is 0.414. The lowest BCUT2D eigenvalue weighted by Gasteiger charge is -2.13. The SMILES string of the molecule is COc1cc(-c2cc(NCCn3c(C)cc4c(C)ccc(F)c43)ncn2)cc(C)c1C(=O)O. The van der Waals surface area contributed by atoms with Gasteiger partial charge in [-0.15, -0.1) is 0 Å². The number of fused-ring (bicyclic) bond motifs is 1. The van der Waals surface area contributed by atoms with Gasteiger partial charge in [-0.05, 0) is 56.2 Å². The molecule has 4 aromatic rings. The van der Waals surface area contributed by atoms with Gasteiger partial charge in [-0.3, -0.25) is 0 Å². The predicted octanol–water partition coefficient (Wildman–Crippen LogP) is 4.98. The summed E-state index contributed by atoms with van der Waals surface area (Å²) in [5, 5.41) is 13.6. The number of methoxy groups -OCH3 is 1. The van der Waals surface area contributed by atoms with E-state index < -0.39 is 5.97 Å². The van der Waals surface area contributed by atoms with E-state index in [2.05, 4.69) is 15.3 Å². The molecule has 0 aliphatic heterocycles. The number of nitrogens with zero attached hydrogens (tertiary/aromatic N) is 3. The molecule has 0 aliphatic carbocycles. The van der Waals surface area contributed by atoms with E-state index in [4.69, 9.17) is 4.74 Å². The lowest BCUT2D eigenvalue weighted by molar-refractivity contribution is 0.0692. The number of carboxylic acids is 1. The molecule has 2 heterocycles. The van der Waals surface area contributed by atoms with E-state index in [0.717, 1.165) is 22.2 Å². The summed E-state index contributed by atoms with van der Waals surface area (Å²) in [6.07, 6.45) is 1.45. The van der Waals surface area contributed by atoms with Gasteiger partial charge in [0.1, 0.15) is 29.3 Å². The average molecular weight is 448 g/mol. The third-order valence-corrected chi connectivity index (χ3v) is 5.77. The Bertz CT molecular complexity index is 1360. The number of halogens is 1. The Morgan fingerprint density at radius 3 is 2.64 bits per heavy atom. The average Bonchev–Trinajstić information content (AvgIpc) is 3.13. The first-order valence-electron chi connectivity index (χ1n) is 10.5. The topological polar surface area (TPSA) is 89.3 Å². The maximum absolute atomic E-state index is 14.5. The highest BCUT2D eigenvalue weighted by atomic mass is 19.1. The fourth-order valence-corrected chi connectivity index (χ4v) is 4.14. The van der Waals surface area contributed by atoms with Crippen molar-refractivity contribution in [1.29, 1.82) is 0 Å². The highest BCUT2D eigenvalue weighted by Gasteiger charge is 2.17. The first-order valence-corrected chi connectivity index (χ1v) is 10.5. The van der Waals surface area contributed by atoms with Gasteiger partial charge in [0, 0.05) is 35.8 Å². The van der Waals surface area contributed by atoms with Gasteiger partial charge >= 0.3 is 5.97 Å². The molecule has 4 rings (SSSR count). The minimum atomic E-state index is -1.04. The van der Waals surface area contributed by atoms with Crippen LogP contribution >= 0.6 is 0 Å². The molecule has 2 aromatic carbocycles. The van der Waals surface area contributed by atoms with Crippen LogP contribution in [0, 0.1) is 26.6 Å². The van der Waals surface area contributed by atoms with Gasteiger partial charge in [0.15, 0.2) is 0 Å². The molecule has 0 spiro atoms. The van der Waals surface area contributed by atoms with E-state index in [1.807, 2.05) is 24.5 Å². The van der Waals surface area contributed by atoms with Crippen LogP contribution in [-0.4, -0.2) is 39.3 Å². The minimum absolute atomic E-state index is 0.130. The van der Waals surface area contributed by atoms with Crippen molar-refractivity contribution in [3.8, 4) is 17.0 Å². The molecule has 7 nitrogen and oxygen atoms in total. The molecule has 0 atom stereocenters. The molecule has 0 radical (unpaired) electrons. The number of carboxylic acid groups (broad SMARTS) is 1. The van der Waals surface area contributed by atoms with Gasteiger partial charge in [-0.1, -0.05) is 6.07 Å². The summed E-state index contributed by atoms with van der Waals surface area (Å²) in [4.78, 5) is 20.1. The number of aromatic carboxylic acids is 1. The summed E-state index contributed by atoms with van der Waals surface area (Å²) in [5.74, 6) is -0.384. The third-order valence-electron chi connectivity index (χ3n) is 5.77. The van der Waals surface area contributed by atoms with Crippen LogP contribution in [0.2, 0.25) is 0 Å². The second-order valence-corrected chi connectivity index (χ2v) is 7.95. The molecule has 0 amide bonds. The molecular weight excluding hydrogens is 423 g/mol. The van der Waals surface area contributed by atoms with Crippen LogP contribution in [0.15, 0.2) is 42.7 Å². The van der Waals surface area contributed by atoms with Gasteiger partial charge in [-0.25, -0.2) is 19.2 Å². The normalized spacial score (nSPS) is 11.1. The van der Waals surface area contributed by atoms with Crippen LogP contribution in [0.5, 0.6) is 5.75 Å². The molecule has 0 saturated carbocycles. The van der Waals surface area contributed by atoms with Gasteiger partial charge in [-0.2, -0.15) is 0 Å². The van der Waals surface area contributed by atoms with Crippen molar-refractivity contribution >= 4 is 22.7 Å². The fraction of sp³-hybridized carbons (Fsp3) is 0.240. The van der Waals surface area contributed by atoms with Crippen molar-refractivity contribution < 1.29 is 19.0 Å². The molecule has 0 fully saturated rings. The molecule has 8 heteroatoms. The molecule has 0 unspecified atom stereocenters. The van der Waals surface area contributed by atoms with Crippen molar-refractivity contribution in [2.75, 3.05) is 19.0 Å². The van der Waals surface area contributed by atoms with E-state index in [0.29, 0.717) is 35.7 Å². The summed E-state index contributed by atoms with van der Waals surface area (Å²) < 4.78 is 21.7. The number of aryl methyl sites for hydroxylation is 3. The molecule has 2 aromatic heterocycles. The number of rotatable bonds is 7. The molecular formula is C25H25FN4O3. The van der Waals surface area contributed by atoms with Crippen molar-refractivity contribution in [3.63, 3.8) is 0 Å². The fourth-order valence-electron chi connectivity index (χ4n) is 4.14. The Kier molecular flexibility index (Phi) is 6.00. The lowest BCUT2D eigenvalue weighted by atomic mass is 10.0. The molecule has 0 bridgehead atoms. The Labute approximate surface area is 190 Å². The van der Waals surface area contributed by atoms with Crippen LogP contribution < -0.4 is 10.1 Å². The number of hydrogen-bond donors (Lipinski definition) is 2. The van der Waals surface area contributed by atoms with E-state index >= 15 is 0 Å². The lowest BCUT2D eigenvalue weighted by Crippen LogP contribution is -2.13. The zero-order valence-electron chi connectivity index (χ0n) is 18.9. The van der Waals surface area contributed by atoms with Crippen LogP contribution in [0.3, 0.4) is 0 Å². The second-order valence-electron chi connectivity index (χ2n) is 7.95. The Morgan fingerprint density at radius 1 is 1.12 bits per heavy atom. The van der Waals surface area contributed by atoms with Crippen LogP contribution in [0.4, 0.5) is 10.2 Å². The van der Waals surface area contributed by atoms with Gasteiger partial charge in [0.05, 0.1) is 18.3 Å². The van der Waals surface area contributed by atoms with E-state index in [1.54, 1.807) is 31.2 Å². The second kappa shape index (κ2) is 8.90. The number of nitrogens with one attached hydrogen (secondary N) is 1. The molecule has 0 saturated heterocycles. The monoisotopic (exact) mass is 448 g/mol. The summed E-state index contributed by atoms with van der Waals surface area (Å²) in [6, 6.07) is 10.5. The number of benzene rings is 2. The zero-order valence-corrected chi connectivity index (χ0v) is 18.9. The summed E-state index contributed by atoms with van der Waals surface area (Å²) in [5.41, 5.74) is 4.71. The van der Waals surface area contributed by atoms with E-state index in [-0.39, 0.29) is 17.1 Å². The van der Waals surface area contributed by atoms with Gasteiger partial charge in [0.2, 0.25) is 0 Å². The number of ether oxygens (including phenoxy) is 1. The molecule has 33 heavy (non-hydrogen) atoms. The van der Waals surface area contributed by atoms with Crippen LogP contribution in [0.25, 0.3) is 22.2 Å². The molecule has 2 N–H and O–H groups in total. The maximum Gasteiger partial charge on any atom is 0.339 e.